The second-order valence-electron chi connectivity index (χ2n) is 7.56. The zero-order valence-electron chi connectivity index (χ0n) is 18.1. The summed E-state index contributed by atoms with van der Waals surface area (Å²) in [5.74, 6) is 0.947. The molecule has 0 spiro atoms. The van der Waals surface area contributed by atoms with E-state index in [2.05, 4.69) is 16.7 Å². The molecule has 172 valence electrons. The van der Waals surface area contributed by atoms with Crippen LogP contribution in [0.2, 0.25) is 5.02 Å². The Kier molecular flexibility index (Phi) is 7.32. The molecule has 0 aromatic heterocycles. The quantitative estimate of drug-likeness (QED) is 0.478. The number of amides is 1. The molecule has 1 aliphatic heterocycles. The Morgan fingerprint density at radius 2 is 2.00 bits per heavy atom. The highest BCUT2D eigenvalue weighted by Crippen LogP contribution is 2.32. The normalized spacial score (nSPS) is 14.7. The highest BCUT2D eigenvalue weighted by Gasteiger charge is 2.20. The molecule has 1 amide bonds. The number of methoxy groups -OCH3 is 1. The molecule has 0 aliphatic carbocycles. The number of hydrogen-bond acceptors (Lipinski definition) is 5. The van der Waals surface area contributed by atoms with E-state index in [0.29, 0.717) is 30.3 Å². The van der Waals surface area contributed by atoms with Gasteiger partial charge >= 0.3 is 0 Å². The van der Waals surface area contributed by atoms with E-state index in [1.165, 1.54) is 18.2 Å². The number of carbonyl (C=O) groups excluding carboxylic acids is 1. The fourth-order valence-corrected chi connectivity index (χ4v) is 3.83. The van der Waals surface area contributed by atoms with Crippen molar-refractivity contribution in [3.63, 3.8) is 0 Å². The smallest absolute Gasteiger partial charge is 0.262 e. The molecule has 1 heterocycles. The summed E-state index contributed by atoms with van der Waals surface area (Å²) in [4.78, 5) is 12.2. The van der Waals surface area contributed by atoms with Crippen molar-refractivity contribution < 1.29 is 23.4 Å². The zero-order valence-corrected chi connectivity index (χ0v) is 18.8. The number of nitrogens with one attached hydrogen (secondary N) is 2. The molecule has 8 heteroatoms. The summed E-state index contributed by atoms with van der Waals surface area (Å²) >= 11 is 5.74. The highest BCUT2D eigenvalue weighted by molar-refractivity contribution is 6.31. The van der Waals surface area contributed by atoms with Gasteiger partial charge in [-0.05, 0) is 42.0 Å². The number of carbonyl (C=O) groups is 1. The standard InChI is InChI=1S/C25H24ClFN2O4/c1-31-24-12-16(14-28-21-10-11-32-22-5-3-2-4-18(21)22)6-9-23(24)33-15-25(30)29-17-7-8-20(27)19(26)13-17/h2-9,12-13,21,28H,10-11,14-15H2,1H3,(H,29,30)/t21-/m1/s1. The SMILES string of the molecule is COc1cc(CN[C@@H]2CCOc3ccccc32)ccc1OCC(=O)Nc1ccc(F)c(Cl)c1. The number of para-hydroxylation sites is 1. The van der Waals surface area contributed by atoms with Gasteiger partial charge in [0.05, 0.1) is 18.7 Å². The molecule has 4 rings (SSSR count). The Balaban J connectivity index is 1.34. The van der Waals surface area contributed by atoms with Crippen molar-refractivity contribution in [3.8, 4) is 17.2 Å². The van der Waals surface area contributed by atoms with E-state index in [1.54, 1.807) is 13.2 Å². The minimum atomic E-state index is -0.550. The summed E-state index contributed by atoms with van der Waals surface area (Å²) in [7, 11) is 1.55. The van der Waals surface area contributed by atoms with Crippen LogP contribution >= 0.6 is 11.6 Å². The van der Waals surface area contributed by atoms with Crippen molar-refractivity contribution >= 4 is 23.2 Å². The van der Waals surface area contributed by atoms with Gasteiger partial charge in [0.1, 0.15) is 11.6 Å². The minimum absolute atomic E-state index is 0.0659. The van der Waals surface area contributed by atoms with Crippen LogP contribution in [0.1, 0.15) is 23.6 Å². The molecule has 1 aliphatic rings. The molecule has 0 saturated heterocycles. The first-order valence-electron chi connectivity index (χ1n) is 10.5. The van der Waals surface area contributed by atoms with Crippen molar-refractivity contribution in [1.82, 2.24) is 5.32 Å². The van der Waals surface area contributed by atoms with Crippen LogP contribution in [0, 0.1) is 5.82 Å². The number of anilines is 1. The van der Waals surface area contributed by atoms with E-state index >= 15 is 0 Å². The van der Waals surface area contributed by atoms with E-state index in [4.69, 9.17) is 25.8 Å². The first kappa shape index (κ1) is 22.9. The van der Waals surface area contributed by atoms with Crippen LogP contribution in [0.5, 0.6) is 17.2 Å². The third-order valence-electron chi connectivity index (χ3n) is 5.30. The van der Waals surface area contributed by atoms with Gasteiger partial charge in [0.2, 0.25) is 0 Å². The van der Waals surface area contributed by atoms with Crippen LogP contribution in [-0.2, 0) is 11.3 Å². The lowest BCUT2D eigenvalue weighted by atomic mass is 10.0. The first-order valence-corrected chi connectivity index (χ1v) is 10.9. The molecule has 3 aromatic rings. The van der Waals surface area contributed by atoms with Crippen molar-refractivity contribution in [1.29, 1.82) is 0 Å². The van der Waals surface area contributed by atoms with Gasteiger partial charge in [-0.1, -0.05) is 35.9 Å². The Morgan fingerprint density at radius 3 is 2.82 bits per heavy atom. The Morgan fingerprint density at radius 1 is 1.15 bits per heavy atom. The molecule has 0 saturated carbocycles. The average Bonchev–Trinajstić information content (AvgIpc) is 2.84. The fourth-order valence-electron chi connectivity index (χ4n) is 3.65. The van der Waals surface area contributed by atoms with Crippen molar-refractivity contribution in [2.75, 3.05) is 25.6 Å². The summed E-state index contributed by atoms with van der Waals surface area (Å²) in [5, 5.41) is 6.12. The monoisotopic (exact) mass is 470 g/mol. The molecule has 3 aromatic carbocycles. The number of benzene rings is 3. The predicted molar refractivity (Wildman–Crippen MR) is 125 cm³/mol. The number of ether oxygens (including phenoxy) is 3. The number of halogens is 2. The summed E-state index contributed by atoms with van der Waals surface area (Å²) in [6.45, 7) is 1.08. The molecular weight excluding hydrogens is 447 g/mol. The topological polar surface area (TPSA) is 68.8 Å². The molecule has 6 nitrogen and oxygen atoms in total. The van der Waals surface area contributed by atoms with Gasteiger partial charge in [-0.25, -0.2) is 4.39 Å². The summed E-state index contributed by atoms with van der Waals surface area (Å²) in [5.41, 5.74) is 2.57. The van der Waals surface area contributed by atoms with E-state index in [0.717, 1.165) is 23.3 Å². The van der Waals surface area contributed by atoms with Gasteiger partial charge in [0, 0.05) is 30.3 Å². The van der Waals surface area contributed by atoms with Gasteiger partial charge in [-0.15, -0.1) is 0 Å². The number of rotatable bonds is 8. The molecule has 0 fully saturated rings. The van der Waals surface area contributed by atoms with Gasteiger partial charge in [-0.2, -0.15) is 0 Å². The van der Waals surface area contributed by atoms with Crippen molar-refractivity contribution in [2.45, 2.75) is 19.0 Å². The van der Waals surface area contributed by atoms with Gasteiger partial charge in [-0.3, -0.25) is 4.79 Å². The highest BCUT2D eigenvalue weighted by atomic mass is 35.5. The lowest BCUT2D eigenvalue weighted by Crippen LogP contribution is -2.26. The molecule has 2 N–H and O–H groups in total. The third kappa shape index (κ3) is 5.74. The maximum absolute atomic E-state index is 13.3. The molecular formula is C25H24ClFN2O4. The van der Waals surface area contributed by atoms with E-state index in [-0.39, 0.29) is 17.7 Å². The van der Waals surface area contributed by atoms with Crippen LogP contribution in [0.4, 0.5) is 10.1 Å². The van der Waals surface area contributed by atoms with E-state index in [1.807, 2.05) is 30.3 Å². The minimum Gasteiger partial charge on any atom is -0.493 e. The average molecular weight is 471 g/mol. The Bertz CT molecular complexity index is 1140. The van der Waals surface area contributed by atoms with E-state index < -0.39 is 11.7 Å². The zero-order chi connectivity index (χ0) is 23.2. The molecule has 0 radical (unpaired) electrons. The van der Waals surface area contributed by atoms with E-state index in [9.17, 15) is 9.18 Å². The number of fused-ring (bicyclic) bond motifs is 1. The largest absolute Gasteiger partial charge is 0.493 e. The lowest BCUT2D eigenvalue weighted by Gasteiger charge is -2.27. The third-order valence-corrected chi connectivity index (χ3v) is 5.59. The van der Waals surface area contributed by atoms with Crippen LogP contribution in [-0.4, -0.2) is 26.2 Å². The van der Waals surface area contributed by atoms with Crippen LogP contribution in [0.3, 0.4) is 0 Å². The first-order chi connectivity index (χ1) is 16.0. The molecule has 0 unspecified atom stereocenters. The van der Waals surface area contributed by atoms with Crippen LogP contribution < -0.4 is 24.8 Å². The second-order valence-corrected chi connectivity index (χ2v) is 7.97. The fraction of sp³-hybridized carbons (Fsp3) is 0.240. The molecule has 1 atom stereocenters. The number of hydrogen-bond donors (Lipinski definition) is 2. The summed E-state index contributed by atoms with van der Waals surface area (Å²) in [6.07, 6.45) is 0.893. The Hall–Kier alpha value is -3.29. The van der Waals surface area contributed by atoms with Gasteiger partial charge in [0.25, 0.3) is 5.91 Å². The van der Waals surface area contributed by atoms with Crippen LogP contribution in [0.15, 0.2) is 60.7 Å². The Labute approximate surface area is 196 Å². The van der Waals surface area contributed by atoms with Crippen molar-refractivity contribution in [3.05, 3.63) is 82.6 Å². The van der Waals surface area contributed by atoms with Crippen molar-refractivity contribution in [2.24, 2.45) is 0 Å². The molecule has 0 bridgehead atoms. The predicted octanol–water partition coefficient (Wildman–Crippen LogP) is 5.12. The van der Waals surface area contributed by atoms with Gasteiger partial charge < -0.3 is 24.8 Å². The summed E-state index contributed by atoms with van der Waals surface area (Å²) < 4.78 is 30.1. The van der Waals surface area contributed by atoms with Crippen LogP contribution in [0.25, 0.3) is 0 Å². The van der Waals surface area contributed by atoms with Gasteiger partial charge in [0.15, 0.2) is 18.1 Å². The maximum Gasteiger partial charge on any atom is 0.262 e. The lowest BCUT2D eigenvalue weighted by molar-refractivity contribution is -0.118. The molecule has 33 heavy (non-hydrogen) atoms. The second kappa shape index (κ2) is 10.6. The summed E-state index contributed by atoms with van der Waals surface area (Å²) in [6, 6.07) is 17.8. The maximum atomic E-state index is 13.3.